The number of piperidine rings is 1. The second kappa shape index (κ2) is 10.5. The largest absolute Gasteiger partial charge is 0.508 e. The summed E-state index contributed by atoms with van der Waals surface area (Å²) in [5.74, 6) is 5.99. The van der Waals surface area contributed by atoms with Crippen LogP contribution >= 0.6 is 0 Å². The van der Waals surface area contributed by atoms with Crippen LogP contribution in [-0.2, 0) is 0 Å². The number of aromatic amines is 1. The second-order valence-electron chi connectivity index (χ2n) is 10.6. The number of likely N-dealkylation sites (tertiary alicyclic amines) is 1. The lowest BCUT2D eigenvalue weighted by Crippen LogP contribution is -2.34. The molecule has 198 valence electrons. The van der Waals surface area contributed by atoms with E-state index in [9.17, 15) is 14.3 Å². The number of nitrogens with one attached hydrogen (secondary N) is 2. The number of para-hydroxylation sites is 1. The number of hydrogen-bond acceptors (Lipinski definition) is 4. The zero-order chi connectivity index (χ0) is 26.9. The van der Waals surface area contributed by atoms with Gasteiger partial charge in [-0.3, -0.25) is 4.79 Å². The van der Waals surface area contributed by atoms with E-state index in [1.54, 1.807) is 6.07 Å². The number of nitrogens with zero attached hydrogens (tertiary/aromatic N) is 2. The predicted molar refractivity (Wildman–Crippen MR) is 149 cm³/mol. The van der Waals surface area contributed by atoms with Gasteiger partial charge in [-0.05, 0) is 93.5 Å². The van der Waals surface area contributed by atoms with Gasteiger partial charge in [0.1, 0.15) is 17.3 Å². The normalized spacial score (nSPS) is 17.0. The summed E-state index contributed by atoms with van der Waals surface area (Å²) in [7, 11) is 0. The van der Waals surface area contributed by atoms with Crippen LogP contribution in [0.3, 0.4) is 0 Å². The number of carbonyl (C=O) groups is 1. The van der Waals surface area contributed by atoms with Crippen LogP contribution in [0.5, 0.6) is 5.75 Å². The van der Waals surface area contributed by atoms with Crippen molar-refractivity contribution >= 4 is 16.8 Å². The minimum atomic E-state index is -0.825. The summed E-state index contributed by atoms with van der Waals surface area (Å²) in [6.45, 7) is 4.05. The van der Waals surface area contributed by atoms with Crippen molar-refractivity contribution in [2.75, 3.05) is 13.1 Å². The van der Waals surface area contributed by atoms with E-state index in [2.05, 4.69) is 32.0 Å². The van der Waals surface area contributed by atoms with Gasteiger partial charge in [0.05, 0.1) is 6.04 Å². The summed E-state index contributed by atoms with van der Waals surface area (Å²) in [5, 5.41) is 14.5. The highest BCUT2D eigenvalue weighted by Gasteiger charge is 2.31. The Morgan fingerprint density at radius 3 is 2.67 bits per heavy atom. The van der Waals surface area contributed by atoms with Crippen molar-refractivity contribution in [3.05, 3.63) is 94.7 Å². The highest BCUT2D eigenvalue weighted by atomic mass is 19.1. The van der Waals surface area contributed by atoms with Crippen molar-refractivity contribution in [2.45, 2.75) is 44.7 Å². The number of aromatic nitrogens is 2. The monoisotopic (exact) mass is 522 g/mol. The highest BCUT2D eigenvalue weighted by Crippen LogP contribution is 2.32. The Morgan fingerprint density at radius 2 is 1.90 bits per heavy atom. The van der Waals surface area contributed by atoms with E-state index < -0.39 is 17.8 Å². The topological polar surface area (TPSA) is 81.2 Å². The number of aryl methyl sites for hydroxylation is 1. The molecule has 1 saturated carbocycles. The maximum atomic E-state index is 14.2. The Hall–Kier alpha value is -4.15. The molecular formula is C32H31FN4O2. The number of hydrogen-bond donors (Lipinski definition) is 3. The minimum Gasteiger partial charge on any atom is -0.508 e. The van der Waals surface area contributed by atoms with Gasteiger partial charge in [-0.15, -0.1) is 0 Å². The number of halogens is 1. The number of carbonyl (C=O) groups excluding carboxylic acids is 1. The molecule has 1 unspecified atom stereocenters. The third-order valence-electron chi connectivity index (χ3n) is 7.64. The van der Waals surface area contributed by atoms with Crippen molar-refractivity contribution in [2.24, 2.45) is 5.92 Å². The fourth-order valence-electron chi connectivity index (χ4n) is 5.43. The molecule has 2 aromatic heterocycles. The lowest BCUT2D eigenvalue weighted by molar-refractivity contribution is 0.0936. The van der Waals surface area contributed by atoms with Gasteiger partial charge in [-0.1, -0.05) is 30.0 Å². The summed E-state index contributed by atoms with van der Waals surface area (Å²) >= 11 is 0. The maximum Gasteiger partial charge on any atom is 0.270 e. The zero-order valence-electron chi connectivity index (χ0n) is 21.9. The van der Waals surface area contributed by atoms with Crippen LogP contribution in [0.15, 0.2) is 60.7 Å². The summed E-state index contributed by atoms with van der Waals surface area (Å²) in [6.07, 6.45) is 4.81. The van der Waals surface area contributed by atoms with Crippen molar-refractivity contribution < 1.29 is 14.3 Å². The Kier molecular flexibility index (Phi) is 6.80. The van der Waals surface area contributed by atoms with Gasteiger partial charge in [0, 0.05) is 40.0 Å². The number of pyridine rings is 1. The number of benzene rings is 2. The smallest absolute Gasteiger partial charge is 0.270 e. The molecule has 6 nitrogen and oxygen atoms in total. The number of rotatable bonds is 5. The van der Waals surface area contributed by atoms with Crippen LogP contribution in [0.1, 0.15) is 64.7 Å². The first kappa shape index (κ1) is 25.1. The Balaban J connectivity index is 1.26. The third-order valence-corrected chi connectivity index (χ3v) is 7.64. The molecule has 1 aliphatic heterocycles. The molecule has 0 bridgehead atoms. The fourth-order valence-corrected chi connectivity index (χ4v) is 5.43. The number of aromatic hydroxyl groups is 1. The Labute approximate surface area is 227 Å². The first-order valence-electron chi connectivity index (χ1n) is 13.5. The number of phenolic OH excluding ortho intramolecular Hbond substituents is 1. The molecule has 7 heteroatoms. The van der Waals surface area contributed by atoms with E-state index in [0.717, 1.165) is 48.4 Å². The van der Waals surface area contributed by atoms with E-state index in [-0.39, 0.29) is 17.0 Å². The van der Waals surface area contributed by atoms with Crippen LogP contribution in [0.4, 0.5) is 4.39 Å². The molecule has 1 atom stereocenters. The molecule has 3 N–H and O–H groups in total. The minimum absolute atomic E-state index is 0.114. The first-order valence-corrected chi connectivity index (χ1v) is 13.5. The number of fused-ring (bicyclic) bond motifs is 1. The molecule has 2 aliphatic rings. The first-order chi connectivity index (χ1) is 18.9. The van der Waals surface area contributed by atoms with Gasteiger partial charge in [-0.2, -0.15) is 0 Å². The zero-order valence-corrected chi connectivity index (χ0v) is 21.9. The molecule has 1 amide bonds. The lowest BCUT2D eigenvalue weighted by atomic mass is 9.97. The molecule has 39 heavy (non-hydrogen) atoms. The van der Waals surface area contributed by atoms with Crippen molar-refractivity contribution in [3.63, 3.8) is 0 Å². The molecule has 3 heterocycles. The van der Waals surface area contributed by atoms with Gasteiger partial charge < -0.3 is 20.3 Å². The fraction of sp³-hybridized carbons (Fsp3) is 0.312. The van der Waals surface area contributed by atoms with Crippen molar-refractivity contribution in [1.82, 2.24) is 20.2 Å². The summed E-state index contributed by atoms with van der Waals surface area (Å²) < 4.78 is 14.2. The maximum absolute atomic E-state index is 14.2. The van der Waals surface area contributed by atoms with E-state index in [4.69, 9.17) is 0 Å². The van der Waals surface area contributed by atoms with Crippen LogP contribution in [-0.4, -0.2) is 45.0 Å². The SMILES string of the molecule is Cc1cc(C#CC2CCN(C3CC3)CC2)cc(C(=O)NC(c2cc3ccccc3[nH]2)c2cc(F)ccc2O)n1. The van der Waals surface area contributed by atoms with E-state index >= 15 is 0 Å². The van der Waals surface area contributed by atoms with Crippen LogP contribution in [0, 0.1) is 30.5 Å². The second-order valence-corrected chi connectivity index (χ2v) is 10.6. The molecule has 0 radical (unpaired) electrons. The summed E-state index contributed by atoms with van der Waals surface area (Å²) in [4.78, 5) is 23.8. The molecule has 2 fully saturated rings. The predicted octanol–water partition coefficient (Wildman–Crippen LogP) is 5.46. The number of amides is 1. The van der Waals surface area contributed by atoms with Gasteiger partial charge in [0.2, 0.25) is 0 Å². The molecule has 1 aliphatic carbocycles. The van der Waals surface area contributed by atoms with Crippen LogP contribution in [0.2, 0.25) is 0 Å². The lowest BCUT2D eigenvalue weighted by Gasteiger charge is -2.29. The van der Waals surface area contributed by atoms with E-state index in [1.165, 1.54) is 31.0 Å². The molecule has 2 aromatic carbocycles. The molecule has 0 spiro atoms. The van der Waals surface area contributed by atoms with Crippen molar-refractivity contribution in [3.8, 4) is 17.6 Å². The van der Waals surface area contributed by atoms with E-state index in [0.29, 0.717) is 17.3 Å². The van der Waals surface area contributed by atoms with Gasteiger partial charge in [0.15, 0.2) is 0 Å². The van der Waals surface area contributed by atoms with Gasteiger partial charge >= 0.3 is 0 Å². The summed E-state index contributed by atoms with van der Waals surface area (Å²) in [6, 6.07) is 16.9. The van der Waals surface area contributed by atoms with Gasteiger partial charge in [0.25, 0.3) is 5.91 Å². The molecule has 4 aromatic rings. The highest BCUT2D eigenvalue weighted by molar-refractivity contribution is 5.93. The van der Waals surface area contributed by atoms with E-state index in [1.807, 2.05) is 43.3 Å². The third kappa shape index (κ3) is 5.67. The number of H-pyrrole nitrogens is 1. The average molecular weight is 523 g/mol. The summed E-state index contributed by atoms with van der Waals surface area (Å²) in [5.41, 5.74) is 3.40. The number of phenols is 1. The van der Waals surface area contributed by atoms with Crippen molar-refractivity contribution in [1.29, 1.82) is 0 Å². The standard InChI is InChI=1S/C32H31FN4O2/c1-20-16-22(7-6-21-12-14-37(15-13-21)25-9-10-25)17-29(34-20)32(39)36-31(26-19-24(33)8-11-30(26)38)28-18-23-4-2-3-5-27(23)35-28/h2-5,8,11,16-19,21,25,31,35,38H,9-10,12-15H2,1H3,(H,36,39). The Morgan fingerprint density at radius 1 is 1.10 bits per heavy atom. The van der Waals surface area contributed by atoms with Crippen LogP contribution in [0.25, 0.3) is 10.9 Å². The average Bonchev–Trinajstić information content (AvgIpc) is 3.70. The molecule has 6 rings (SSSR count). The Bertz CT molecular complexity index is 1560. The van der Waals surface area contributed by atoms with Gasteiger partial charge in [-0.25, -0.2) is 9.37 Å². The molecular weight excluding hydrogens is 491 g/mol. The quantitative estimate of drug-likeness (QED) is 0.304. The molecule has 1 saturated heterocycles. The van der Waals surface area contributed by atoms with Crippen LogP contribution < -0.4 is 5.32 Å².